The Bertz CT molecular complexity index is 2290. The molecule has 1 aromatic heterocycles. The van der Waals surface area contributed by atoms with Gasteiger partial charge in [-0.3, -0.25) is 48.1 Å². The molecule has 2 heterocycles. The number of hydrogen-bond donors (Lipinski definition) is 5. The number of rotatable bonds is 19. The Hall–Kier alpha value is -6.22. The van der Waals surface area contributed by atoms with Gasteiger partial charge in [-0.1, -0.05) is 47.1 Å². The van der Waals surface area contributed by atoms with Crippen LogP contribution in [0.4, 0.5) is 5.69 Å². The van der Waals surface area contributed by atoms with Gasteiger partial charge in [0.1, 0.15) is 16.7 Å². The number of carbonyl (C=O) groups excluding carboxylic acids is 9. The van der Waals surface area contributed by atoms with Gasteiger partial charge in [-0.05, 0) is 90.1 Å². The number of thiazole rings is 1. The molecule has 20 nitrogen and oxygen atoms in total. The molecular weight excluding hydrogens is 949 g/mol. The van der Waals surface area contributed by atoms with Crippen LogP contribution in [0.15, 0.2) is 35.2 Å². The molecule has 1 aliphatic rings. The molecule has 1 aromatic carbocycles. The van der Waals surface area contributed by atoms with Crippen LogP contribution in [0, 0.1) is 17.8 Å². The van der Waals surface area contributed by atoms with Crippen molar-refractivity contribution in [2.45, 2.75) is 143 Å². The molecule has 21 heteroatoms. The van der Waals surface area contributed by atoms with E-state index in [1.807, 2.05) is 27.7 Å². The Balaban J connectivity index is 1.92. The third-order valence-electron chi connectivity index (χ3n) is 12.9. The van der Waals surface area contributed by atoms with Gasteiger partial charge < -0.3 is 45.7 Å². The molecule has 6 atom stereocenters. The molecule has 0 bridgehead atoms. The number of benzene rings is 1. The molecule has 0 aliphatic carbocycles. The summed E-state index contributed by atoms with van der Waals surface area (Å²) in [4.78, 5) is 126. The van der Waals surface area contributed by atoms with E-state index in [4.69, 9.17) is 14.2 Å². The zero-order valence-corrected chi connectivity index (χ0v) is 45.0. The maximum Gasteiger partial charge on any atom is 0.311 e. The van der Waals surface area contributed by atoms with E-state index < -0.39 is 77.2 Å². The van der Waals surface area contributed by atoms with Gasteiger partial charge in [-0.2, -0.15) is 0 Å². The maximum atomic E-state index is 14.3. The molecule has 3 rings (SSSR count). The number of likely N-dealkylation sites (N-methyl/N-ethyl adjacent to an activating group) is 2. The first kappa shape index (κ1) is 60.1. The van der Waals surface area contributed by atoms with Crippen LogP contribution in [-0.4, -0.2) is 133 Å². The molecule has 0 saturated carbocycles. The molecule has 0 fully saturated rings. The standard InChI is InChI=1S/C51H76N8O12S/c1-14-30(4)44(57-50(68)51(8,9)58(10)11)48(66)59(12)38(29(2)3)27-40(70-33(7)60)47-56-37(28-72-47)46(65)54-35(23-32(6)49(67)69-13)25-34-19-20-39-36(26-34)55-41(61)17-15-22-53-45(64)31(5)24-42(62)52-21-16-18-43(63)71-39/h19-20,24,26,28-30,32,35,38,40,44H,14-18,21-23,25,27H2,1-13H3,(H,52,62)(H,53,64)(H,54,65)(H,55,61)(H,57,68)/b31-24-/t30-,32?,35+,38+,40+,44-/m0/s1. The summed E-state index contributed by atoms with van der Waals surface area (Å²) in [5, 5.41) is 16.0. The van der Waals surface area contributed by atoms with Crippen LogP contribution in [0.1, 0.15) is 134 Å². The number of hydrogen-bond acceptors (Lipinski definition) is 15. The van der Waals surface area contributed by atoms with Gasteiger partial charge in [0.05, 0.1) is 24.3 Å². The van der Waals surface area contributed by atoms with Crippen molar-refractivity contribution in [2.75, 3.05) is 46.7 Å². The third kappa shape index (κ3) is 18.1. The van der Waals surface area contributed by atoms with Crippen molar-refractivity contribution < 1.29 is 57.4 Å². The monoisotopic (exact) mass is 1020 g/mol. The van der Waals surface area contributed by atoms with Crippen LogP contribution < -0.4 is 31.3 Å². The van der Waals surface area contributed by atoms with Crippen molar-refractivity contribution in [1.29, 1.82) is 0 Å². The number of nitrogens with one attached hydrogen (secondary N) is 5. The fourth-order valence-electron chi connectivity index (χ4n) is 7.71. The summed E-state index contributed by atoms with van der Waals surface area (Å²) in [5.74, 6) is -5.20. The zero-order chi connectivity index (χ0) is 54.0. The minimum Gasteiger partial charge on any atom is -0.469 e. The molecule has 0 spiro atoms. The van der Waals surface area contributed by atoms with Crippen molar-refractivity contribution in [2.24, 2.45) is 17.8 Å². The highest BCUT2D eigenvalue weighted by Crippen LogP contribution is 2.32. The van der Waals surface area contributed by atoms with E-state index >= 15 is 0 Å². The van der Waals surface area contributed by atoms with Crippen molar-refractivity contribution in [3.05, 3.63) is 51.5 Å². The van der Waals surface area contributed by atoms with E-state index in [2.05, 4.69) is 31.6 Å². The minimum absolute atomic E-state index is 0.00831. The Morgan fingerprint density at radius 3 is 2.24 bits per heavy atom. The van der Waals surface area contributed by atoms with Crippen molar-refractivity contribution in [3.8, 4) is 5.75 Å². The first-order valence-corrected chi connectivity index (χ1v) is 25.3. The number of esters is 3. The highest BCUT2D eigenvalue weighted by Gasteiger charge is 2.39. The highest BCUT2D eigenvalue weighted by molar-refractivity contribution is 7.09. The molecule has 0 radical (unpaired) electrons. The zero-order valence-electron chi connectivity index (χ0n) is 44.1. The molecule has 1 aliphatic heterocycles. The smallest absolute Gasteiger partial charge is 0.311 e. The summed E-state index contributed by atoms with van der Waals surface area (Å²) in [6, 6.07) is 2.75. The lowest BCUT2D eigenvalue weighted by atomic mass is 9.92. The van der Waals surface area contributed by atoms with Gasteiger partial charge in [0.2, 0.25) is 29.5 Å². The number of ether oxygens (including phenoxy) is 3. The summed E-state index contributed by atoms with van der Waals surface area (Å²) in [6.07, 6.45) is 1.65. The number of methoxy groups -OCH3 is 1. The fraction of sp³-hybridized carbons (Fsp3) is 0.608. The first-order valence-electron chi connectivity index (χ1n) is 24.4. The topological polar surface area (TPSA) is 261 Å². The van der Waals surface area contributed by atoms with Crippen molar-refractivity contribution >= 4 is 70.4 Å². The van der Waals surface area contributed by atoms with E-state index in [-0.39, 0.29) is 104 Å². The van der Waals surface area contributed by atoms with Gasteiger partial charge in [0, 0.05) is 75.4 Å². The quantitative estimate of drug-likeness (QED) is 0.0950. The molecule has 0 saturated heterocycles. The van der Waals surface area contributed by atoms with Gasteiger partial charge in [-0.15, -0.1) is 11.3 Å². The summed E-state index contributed by atoms with van der Waals surface area (Å²) in [6.45, 7) is 16.0. The number of nitrogens with zero attached hydrogens (tertiary/aromatic N) is 3. The Morgan fingerprint density at radius 1 is 0.944 bits per heavy atom. The molecule has 72 heavy (non-hydrogen) atoms. The summed E-state index contributed by atoms with van der Waals surface area (Å²) in [7, 11) is 6.52. The Kier molecular flexibility index (Phi) is 23.5. The van der Waals surface area contributed by atoms with E-state index in [9.17, 15) is 43.2 Å². The van der Waals surface area contributed by atoms with Crippen LogP contribution in [-0.2, 0) is 54.3 Å². The molecule has 398 valence electrons. The van der Waals surface area contributed by atoms with E-state index in [0.29, 0.717) is 17.0 Å². The molecule has 2 aromatic rings. The fourth-order valence-corrected chi connectivity index (χ4v) is 8.55. The minimum atomic E-state index is -0.954. The van der Waals surface area contributed by atoms with Gasteiger partial charge >= 0.3 is 17.9 Å². The van der Waals surface area contributed by atoms with Crippen LogP contribution >= 0.6 is 11.3 Å². The van der Waals surface area contributed by atoms with Crippen LogP contribution in [0.5, 0.6) is 5.75 Å². The number of aromatic nitrogens is 1. The molecule has 6 amide bonds. The van der Waals surface area contributed by atoms with Crippen LogP contribution in [0.2, 0.25) is 0 Å². The summed E-state index contributed by atoms with van der Waals surface area (Å²) in [5.41, 5.74) is 0.0760. The molecular formula is C51H76N8O12S. The third-order valence-corrected chi connectivity index (χ3v) is 13.8. The van der Waals surface area contributed by atoms with E-state index in [0.717, 1.165) is 11.3 Å². The van der Waals surface area contributed by atoms with Crippen LogP contribution in [0.3, 0.4) is 0 Å². The van der Waals surface area contributed by atoms with Crippen molar-refractivity contribution in [1.82, 2.24) is 36.1 Å². The van der Waals surface area contributed by atoms with Gasteiger partial charge in [0.15, 0.2) is 11.9 Å². The van der Waals surface area contributed by atoms with E-state index in [1.165, 1.54) is 38.5 Å². The number of amides is 6. The second-order valence-electron chi connectivity index (χ2n) is 19.4. The van der Waals surface area contributed by atoms with Crippen molar-refractivity contribution in [3.63, 3.8) is 0 Å². The number of fused-ring (bicyclic) bond motifs is 1. The summed E-state index contributed by atoms with van der Waals surface area (Å²) < 4.78 is 16.5. The normalized spacial score (nSPS) is 17.6. The molecule has 1 unspecified atom stereocenters. The number of anilines is 1. The summed E-state index contributed by atoms with van der Waals surface area (Å²) >= 11 is 1.10. The molecule has 5 N–H and O–H groups in total. The van der Waals surface area contributed by atoms with Crippen LogP contribution in [0.25, 0.3) is 0 Å². The Morgan fingerprint density at radius 2 is 1.61 bits per heavy atom. The first-order chi connectivity index (χ1) is 33.8. The lowest BCUT2D eigenvalue weighted by Crippen LogP contribution is -2.60. The lowest BCUT2D eigenvalue weighted by molar-refractivity contribution is -0.149. The largest absolute Gasteiger partial charge is 0.469 e. The Labute approximate surface area is 427 Å². The second kappa shape index (κ2) is 28.1. The second-order valence-corrected chi connectivity index (χ2v) is 20.3. The maximum absolute atomic E-state index is 14.3. The average molecular weight is 1030 g/mol. The van der Waals surface area contributed by atoms with E-state index in [1.54, 1.807) is 63.8 Å². The predicted octanol–water partition coefficient (Wildman–Crippen LogP) is 4.63. The van der Waals surface area contributed by atoms with Gasteiger partial charge in [-0.25, -0.2) is 4.98 Å². The van der Waals surface area contributed by atoms with Gasteiger partial charge in [0.25, 0.3) is 5.91 Å². The SMILES string of the molecule is CC[C@H](C)[C@H](NC(=O)C(C)(C)N(C)C)C(=O)N(C)[C@H](C[C@@H](OC(C)=O)c1nc(C(=O)N[C@@H](Cc2ccc3c(c2)NC(=O)CCCNC(=O)/C(C)=C\C(=O)NCCCC(=O)O3)CC(C)C(=O)OC)cs1)C(C)C. The average Bonchev–Trinajstić information content (AvgIpc) is 3.82. The highest BCUT2D eigenvalue weighted by atomic mass is 32.1. The predicted molar refractivity (Wildman–Crippen MR) is 271 cm³/mol. The number of carbonyl (C=O) groups is 9. The lowest BCUT2D eigenvalue weighted by Gasteiger charge is -2.38.